The predicted molar refractivity (Wildman–Crippen MR) is 53.4 cm³/mol. The van der Waals surface area contributed by atoms with Crippen molar-refractivity contribution in [3.05, 3.63) is 16.6 Å². The van der Waals surface area contributed by atoms with Gasteiger partial charge >= 0.3 is 0 Å². The van der Waals surface area contributed by atoms with Crippen LogP contribution in [0.2, 0.25) is 0 Å². The summed E-state index contributed by atoms with van der Waals surface area (Å²) < 4.78 is 0. The molecule has 0 radical (unpaired) electrons. The summed E-state index contributed by atoms with van der Waals surface area (Å²) in [5.41, 5.74) is 1.90. The molecule has 1 rings (SSSR count). The number of halogens is 1. The molecule has 3 heteroatoms. The third-order valence-corrected chi connectivity index (χ3v) is 2.81. The van der Waals surface area contributed by atoms with Gasteiger partial charge in [0.2, 0.25) is 0 Å². The Morgan fingerprint density at radius 1 is 1.73 bits per heavy atom. The average Bonchev–Trinajstić information content (AvgIpc) is 2.39. The molecule has 0 aromatic carbocycles. The molecule has 0 amide bonds. The Morgan fingerprint density at radius 3 is 3.09 bits per heavy atom. The Bertz CT molecular complexity index is 184. The molecule has 0 saturated heterocycles. The first-order chi connectivity index (χ1) is 5.29. The fourth-order valence-electron chi connectivity index (χ4n) is 0.923. The second kappa shape index (κ2) is 4.88. The number of aryl methyl sites for hydroxylation is 1. The quantitative estimate of drug-likeness (QED) is 0.729. The van der Waals surface area contributed by atoms with Gasteiger partial charge in [0.05, 0.1) is 5.51 Å². The Kier molecular flexibility index (Phi) is 4.08. The third-order valence-electron chi connectivity index (χ3n) is 1.51. The van der Waals surface area contributed by atoms with Crippen molar-refractivity contribution in [3.63, 3.8) is 0 Å². The number of hydrogen-bond donors (Lipinski definition) is 0. The molecule has 11 heavy (non-hydrogen) atoms. The van der Waals surface area contributed by atoms with Gasteiger partial charge in [-0.3, -0.25) is 4.98 Å². The van der Waals surface area contributed by atoms with E-state index in [2.05, 4.69) is 27.8 Å². The molecule has 0 aliphatic rings. The van der Waals surface area contributed by atoms with Crippen molar-refractivity contribution >= 4 is 27.3 Å². The minimum absolute atomic E-state index is 0.649. The summed E-state index contributed by atoms with van der Waals surface area (Å²) in [6, 6.07) is 0. The first-order valence-corrected chi connectivity index (χ1v) is 5.60. The van der Waals surface area contributed by atoms with Crippen molar-refractivity contribution in [1.82, 2.24) is 4.98 Å². The van der Waals surface area contributed by atoms with E-state index in [0.29, 0.717) is 4.83 Å². The average molecular weight is 234 g/mol. The zero-order chi connectivity index (χ0) is 8.10. The van der Waals surface area contributed by atoms with Gasteiger partial charge in [-0.05, 0) is 19.3 Å². The second-order valence-electron chi connectivity index (χ2n) is 2.64. The largest absolute Gasteiger partial charge is 0.253 e. The van der Waals surface area contributed by atoms with Gasteiger partial charge in [-0.1, -0.05) is 22.9 Å². The predicted octanol–water partition coefficient (Wildman–Crippen LogP) is 3.25. The van der Waals surface area contributed by atoms with Crippen LogP contribution in [0.15, 0.2) is 11.7 Å². The van der Waals surface area contributed by atoms with E-state index in [1.54, 1.807) is 11.3 Å². The summed E-state index contributed by atoms with van der Waals surface area (Å²) in [7, 11) is 0. The van der Waals surface area contributed by atoms with Crippen LogP contribution in [0, 0.1) is 0 Å². The number of thiazole rings is 1. The Hall–Kier alpha value is 0.110. The van der Waals surface area contributed by atoms with Crippen LogP contribution in [0.4, 0.5) is 0 Å². The topological polar surface area (TPSA) is 12.9 Å². The van der Waals surface area contributed by atoms with Gasteiger partial charge in [0.1, 0.15) is 0 Å². The summed E-state index contributed by atoms with van der Waals surface area (Å²) in [5.74, 6) is 0. The zero-order valence-electron chi connectivity index (χ0n) is 6.59. The number of hydrogen-bond acceptors (Lipinski definition) is 2. The molecule has 1 heterocycles. The highest BCUT2D eigenvalue weighted by molar-refractivity contribution is 9.09. The molecule has 1 unspecified atom stereocenters. The smallest absolute Gasteiger partial charge is 0.0794 e. The summed E-state index contributed by atoms with van der Waals surface area (Å²) in [5, 5.41) is 0. The number of rotatable bonds is 4. The molecule has 0 fully saturated rings. The fraction of sp³-hybridized carbons (Fsp3) is 0.625. The maximum absolute atomic E-state index is 4.03. The fourth-order valence-corrected chi connectivity index (χ4v) is 1.89. The van der Waals surface area contributed by atoms with Gasteiger partial charge in [-0.2, -0.15) is 0 Å². The molecule has 1 aromatic heterocycles. The first-order valence-electron chi connectivity index (χ1n) is 3.80. The third kappa shape index (κ3) is 3.87. The lowest BCUT2D eigenvalue weighted by Crippen LogP contribution is -1.90. The highest BCUT2D eigenvalue weighted by Gasteiger charge is 1.97. The van der Waals surface area contributed by atoms with E-state index in [1.807, 2.05) is 11.7 Å². The lowest BCUT2D eigenvalue weighted by Gasteiger charge is -1.99. The molecular formula is C8H12BrNS. The van der Waals surface area contributed by atoms with Crippen LogP contribution in [0.5, 0.6) is 0 Å². The van der Waals surface area contributed by atoms with E-state index < -0.39 is 0 Å². The number of alkyl halides is 1. The Balaban J connectivity index is 2.14. The van der Waals surface area contributed by atoms with Crippen molar-refractivity contribution in [2.24, 2.45) is 0 Å². The van der Waals surface area contributed by atoms with Crippen molar-refractivity contribution in [3.8, 4) is 0 Å². The van der Waals surface area contributed by atoms with Crippen LogP contribution in [-0.4, -0.2) is 9.81 Å². The van der Waals surface area contributed by atoms with Gasteiger partial charge in [0.25, 0.3) is 0 Å². The summed E-state index contributed by atoms with van der Waals surface area (Å²) in [6.45, 7) is 2.19. The number of nitrogens with zero attached hydrogens (tertiary/aromatic N) is 1. The molecule has 1 aromatic rings. The van der Waals surface area contributed by atoms with E-state index in [-0.39, 0.29) is 0 Å². The van der Waals surface area contributed by atoms with Crippen molar-refractivity contribution in [2.75, 3.05) is 0 Å². The Morgan fingerprint density at radius 2 is 2.55 bits per heavy atom. The molecule has 0 saturated carbocycles. The van der Waals surface area contributed by atoms with Crippen molar-refractivity contribution < 1.29 is 0 Å². The van der Waals surface area contributed by atoms with Crippen molar-refractivity contribution in [1.29, 1.82) is 0 Å². The normalized spacial score (nSPS) is 13.3. The van der Waals surface area contributed by atoms with E-state index in [0.717, 1.165) is 0 Å². The summed E-state index contributed by atoms with van der Waals surface area (Å²) in [4.78, 5) is 6.08. The Labute approximate surface area is 80.0 Å². The summed E-state index contributed by atoms with van der Waals surface area (Å²) in [6.07, 6.45) is 5.65. The molecule has 1 atom stereocenters. The van der Waals surface area contributed by atoms with Gasteiger partial charge < -0.3 is 0 Å². The van der Waals surface area contributed by atoms with Gasteiger partial charge in [0.15, 0.2) is 0 Å². The zero-order valence-corrected chi connectivity index (χ0v) is 8.99. The standard InChI is InChI=1S/C8H12BrNS/c1-7(9)3-2-4-8-5-10-6-11-8/h5-7H,2-4H2,1H3. The lowest BCUT2D eigenvalue weighted by atomic mass is 10.2. The SMILES string of the molecule is CC(Br)CCCc1cncs1. The second-order valence-corrected chi connectivity index (χ2v) is 5.17. The van der Waals surface area contributed by atoms with Crippen LogP contribution in [0.25, 0.3) is 0 Å². The minimum Gasteiger partial charge on any atom is -0.253 e. The minimum atomic E-state index is 0.649. The van der Waals surface area contributed by atoms with Crippen LogP contribution >= 0.6 is 27.3 Å². The summed E-state index contributed by atoms with van der Waals surface area (Å²) >= 11 is 5.27. The molecule has 0 bridgehead atoms. The number of aromatic nitrogens is 1. The molecule has 0 aliphatic heterocycles. The van der Waals surface area contributed by atoms with Gasteiger partial charge in [-0.15, -0.1) is 11.3 Å². The maximum Gasteiger partial charge on any atom is 0.0794 e. The van der Waals surface area contributed by atoms with E-state index in [1.165, 1.54) is 24.1 Å². The molecule has 0 aliphatic carbocycles. The maximum atomic E-state index is 4.03. The lowest BCUT2D eigenvalue weighted by molar-refractivity contribution is 0.741. The van der Waals surface area contributed by atoms with Crippen molar-refractivity contribution in [2.45, 2.75) is 31.0 Å². The van der Waals surface area contributed by atoms with Crippen LogP contribution in [0.3, 0.4) is 0 Å². The molecule has 0 N–H and O–H groups in total. The van der Waals surface area contributed by atoms with Gasteiger partial charge in [0, 0.05) is 15.9 Å². The highest BCUT2D eigenvalue weighted by Crippen LogP contribution is 2.13. The first kappa shape index (κ1) is 9.20. The van der Waals surface area contributed by atoms with Crippen LogP contribution in [0.1, 0.15) is 24.6 Å². The van der Waals surface area contributed by atoms with E-state index >= 15 is 0 Å². The van der Waals surface area contributed by atoms with Crippen LogP contribution < -0.4 is 0 Å². The monoisotopic (exact) mass is 233 g/mol. The molecular weight excluding hydrogens is 222 g/mol. The van der Waals surface area contributed by atoms with Crippen LogP contribution in [-0.2, 0) is 6.42 Å². The van der Waals surface area contributed by atoms with E-state index in [9.17, 15) is 0 Å². The molecule has 1 nitrogen and oxygen atoms in total. The van der Waals surface area contributed by atoms with Gasteiger partial charge in [-0.25, -0.2) is 0 Å². The highest BCUT2D eigenvalue weighted by atomic mass is 79.9. The molecule has 62 valence electrons. The molecule has 0 spiro atoms. The van der Waals surface area contributed by atoms with E-state index in [4.69, 9.17) is 0 Å².